The molecule has 1 amide bonds. The maximum atomic E-state index is 12.0. The van der Waals surface area contributed by atoms with Gasteiger partial charge in [-0.05, 0) is 54.7 Å². The lowest BCUT2D eigenvalue weighted by Crippen LogP contribution is -2.36. The predicted octanol–water partition coefficient (Wildman–Crippen LogP) is 5.92. The summed E-state index contributed by atoms with van der Waals surface area (Å²) >= 11 is 6.60. The number of aromatic nitrogens is 5. The predicted molar refractivity (Wildman–Crippen MR) is 144 cm³/mol. The largest absolute Gasteiger partial charge is 0.453 e. The maximum absolute atomic E-state index is 12.0. The van der Waals surface area contributed by atoms with Crippen LogP contribution in [-0.2, 0) is 4.79 Å². The number of piperidine rings is 1. The fourth-order valence-corrected chi connectivity index (χ4v) is 5.10. The molecule has 5 heterocycles. The molecule has 0 bridgehead atoms. The van der Waals surface area contributed by atoms with Crippen molar-refractivity contribution in [1.82, 2.24) is 29.8 Å². The lowest BCUT2D eigenvalue weighted by atomic mass is 9.89. The quantitative estimate of drug-likeness (QED) is 0.243. The number of carbonyl (C=O) groups is 1. The van der Waals surface area contributed by atoms with E-state index < -0.39 is 0 Å². The number of hydrogen-bond donors (Lipinski definition) is 3. The Morgan fingerprint density at radius 3 is 2.81 bits per heavy atom. The van der Waals surface area contributed by atoms with E-state index in [1.54, 1.807) is 12.3 Å². The van der Waals surface area contributed by atoms with Gasteiger partial charge in [0.1, 0.15) is 29.1 Å². The van der Waals surface area contributed by atoms with Gasteiger partial charge in [-0.15, -0.1) is 0 Å². The third-order valence-electron chi connectivity index (χ3n) is 6.75. The molecular weight excluding hydrogens is 490 g/mol. The number of hydrogen-bond acceptors (Lipinski definition) is 6. The first-order valence-electron chi connectivity index (χ1n) is 12.0. The highest BCUT2D eigenvalue weighted by molar-refractivity contribution is 6.32. The van der Waals surface area contributed by atoms with Gasteiger partial charge in [-0.2, -0.15) is 0 Å². The first kappa shape index (κ1) is 23.1. The van der Waals surface area contributed by atoms with Crippen LogP contribution >= 0.6 is 11.6 Å². The molecule has 1 fully saturated rings. The van der Waals surface area contributed by atoms with Crippen molar-refractivity contribution < 1.29 is 9.53 Å². The Hall–Kier alpha value is -4.37. The van der Waals surface area contributed by atoms with Crippen molar-refractivity contribution >= 4 is 51.1 Å². The second kappa shape index (κ2) is 9.59. The van der Waals surface area contributed by atoms with Crippen LogP contribution in [0.3, 0.4) is 0 Å². The van der Waals surface area contributed by atoms with E-state index in [0.717, 1.165) is 46.2 Å². The number of pyridine rings is 1. The number of aromatic amines is 2. The topological polar surface area (TPSA) is 112 Å². The average molecular weight is 514 g/mol. The summed E-state index contributed by atoms with van der Waals surface area (Å²) in [6.07, 6.45) is 10.2. The van der Waals surface area contributed by atoms with Gasteiger partial charge in [0.05, 0.1) is 15.9 Å². The number of H-pyrrole nitrogens is 2. The summed E-state index contributed by atoms with van der Waals surface area (Å²) in [5.74, 6) is 2.14. The molecular formula is C27H24ClN7O2. The number of ether oxygens (including phenoxy) is 1. The summed E-state index contributed by atoms with van der Waals surface area (Å²) in [6.45, 7) is 4.99. The van der Waals surface area contributed by atoms with Crippen LogP contribution in [0.5, 0.6) is 11.5 Å². The zero-order valence-electron chi connectivity index (χ0n) is 19.9. The Labute approximate surface area is 217 Å². The number of likely N-dealkylation sites (tertiary alicyclic amines) is 1. The number of anilines is 2. The molecule has 1 aliphatic heterocycles. The summed E-state index contributed by atoms with van der Waals surface area (Å²) in [4.78, 5) is 33.5. The van der Waals surface area contributed by atoms with E-state index in [1.807, 2.05) is 41.6 Å². The molecule has 37 heavy (non-hydrogen) atoms. The van der Waals surface area contributed by atoms with Gasteiger partial charge in [0.15, 0.2) is 5.75 Å². The van der Waals surface area contributed by atoms with Gasteiger partial charge >= 0.3 is 0 Å². The molecule has 0 saturated carbocycles. The van der Waals surface area contributed by atoms with Gasteiger partial charge in [-0.25, -0.2) is 9.97 Å². The van der Waals surface area contributed by atoms with Gasteiger partial charge in [0, 0.05) is 43.4 Å². The standard InChI is InChI=1S/C27H24ClN7O2/c1-2-23(36)35-11-7-16(8-12-35)18-14-31-26-24(18)27(33-15-32-26)34-17-3-4-21(19(28)13-17)37-22-6-10-29-20-5-9-30-25(20)22/h2-6,9-10,13-16,30H,1,7-8,11-12H2,(H2,31,32,33,34). The summed E-state index contributed by atoms with van der Waals surface area (Å²) in [7, 11) is 0. The van der Waals surface area contributed by atoms with Crippen LogP contribution in [0.2, 0.25) is 5.02 Å². The second-order valence-corrected chi connectivity index (χ2v) is 9.32. The second-order valence-electron chi connectivity index (χ2n) is 8.91. The molecule has 1 aliphatic rings. The molecule has 0 unspecified atom stereocenters. The molecule has 0 radical (unpaired) electrons. The van der Waals surface area contributed by atoms with Crippen molar-refractivity contribution in [2.45, 2.75) is 18.8 Å². The van der Waals surface area contributed by atoms with E-state index in [1.165, 1.54) is 12.4 Å². The van der Waals surface area contributed by atoms with Crippen molar-refractivity contribution in [1.29, 1.82) is 0 Å². The van der Waals surface area contributed by atoms with Crippen LogP contribution in [0.15, 0.2) is 67.9 Å². The number of rotatable bonds is 6. The zero-order chi connectivity index (χ0) is 25.4. The Kier molecular flexibility index (Phi) is 5.97. The summed E-state index contributed by atoms with van der Waals surface area (Å²) in [6, 6.07) is 9.21. The van der Waals surface area contributed by atoms with Gasteiger partial charge in [-0.3, -0.25) is 9.78 Å². The van der Waals surface area contributed by atoms with Gasteiger partial charge < -0.3 is 24.9 Å². The van der Waals surface area contributed by atoms with Gasteiger partial charge in [0.2, 0.25) is 5.91 Å². The van der Waals surface area contributed by atoms with Crippen molar-refractivity contribution in [3.8, 4) is 11.5 Å². The number of nitrogens with zero attached hydrogens (tertiary/aromatic N) is 4. The molecule has 4 aromatic heterocycles. The molecule has 5 aromatic rings. The summed E-state index contributed by atoms with van der Waals surface area (Å²) in [5, 5.41) is 4.80. The summed E-state index contributed by atoms with van der Waals surface area (Å²) in [5.41, 5.74) is 4.30. The van der Waals surface area contributed by atoms with E-state index in [9.17, 15) is 4.79 Å². The summed E-state index contributed by atoms with van der Waals surface area (Å²) < 4.78 is 6.08. The van der Waals surface area contributed by atoms with E-state index >= 15 is 0 Å². The highest BCUT2D eigenvalue weighted by Crippen LogP contribution is 2.38. The van der Waals surface area contributed by atoms with Gasteiger partial charge in [0.25, 0.3) is 0 Å². The number of carbonyl (C=O) groups excluding carboxylic acids is 1. The number of nitrogens with one attached hydrogen (secondary N) is 3. The number of amides is 1. The molecule has 0 spiro atoms. The molecule has 10 heteroatoms. The van der Waals surface area contributed by atoms with Crippen LogP contribution in [0.1, 0.15) is 24.3 Å². The Bertz CT molecular complexity index is 1620. The van der Waals surface area contributed by atoms with Gasteiger partial charge in [-0.1, -0.05) is 18.2 Å². The lowest BCUT2D eigenvalue weighted by Gasteiger charge is -2.31. The molecule has 3 N–H and O–H groups in total. The minimum Gasteiger partial charge on any atom is -0.453 e. The van der Waals surface area contributed by atoms with Crippen molar-refractivity contribution in [3.63, 3.8) is 0 Å². The lowest BCUT2D eigenvalue weighted by molar-refractivity contribution is -0.127. The van der Waals surface area contributed by atoms with Crippen LogP contribution in [0, 0.1) is 0 Å². The fourth-order valence-electron chi connectivity index (χ4n) is 4.88. The highest BCUT2D eigenvalue weighted by Gasteiger charge is 2.26. The first-order chi connectivity index (χ1) is 18.1. The SMILES string of the molecule is C=CC(=O)N1CCC(c2c[nH]c3ncnc(Nc4ccc(Oc5ccnc6cc[nH]c56)c(Cl)c4)c23)CC1. The van der Waals surface area contributed by atoms with Crippen LogP contribution in [0.4, 0.5) is 11.5 Å². The normalized spacial score (nSPS) is 14.2. The highest BCUT2D eigenvalue weighted by atomic mass is 35.5. The van der Waals surface area contributed by atoms with E-state index in [4.69, 9.17) is 16.3 Å². The monoisotopic (exact) mass is 513 g/mol. The van der Waals surface area contributed by atoms with Crippen LogP contribution in [-0.4, -0.2) is 48.8 Å². The number of benzene rings is 1. The van der Waals surface area contributed by atoms with Crippen molar-refractivity contribution in [2.75, 3.05) is 18.4 Å². The molecule has 1 aromatic carbocycles. The third-order valence-corrected chi connectivity index (χ3v) is 7.04. The Balaban J connectivity index is 1.24. The molecule has 9 nitrogen and oxygen atoms in total. The Morgan fingerprint density at radius 2 is 2.00 bits per heavy atom. The molecule has 0 aliphatic carbocycles. The van der Waals surface area contributed by atoms with E-state index in [0.29, 0.717) is 41.3 Å². The van der Waals surface area contributed by atoms with Crippen molar-refractivity contribution in [2.24, 2.45) is 0 Å². The minimum atomic E-state index is -0.0198. The number of fused-ring (bicyclic) bond motifs is 2. The molecule has 0 atom stereocenters. The zero-order valence-corrected chi connectivity index (χ0v) is 20.6. The molecule has 186 valence electrons. The van der Waals surface area contributed by atoms with Crippen LogP contribution < -0.4 is 10.1 Å². The Morgan fingerprint density at radius 1 is 1.14 bits per heavy atom. The molecule has 1 saturated heterocycles. The van der Waals surface area contributed by atoms with E-state index in [-0.39, 0.29) is 5.91 Å². The average Bonchev–Trinajstić information content (AvgIpc) is 3.58. The maximum Gasteiger partial charge on any atom is 0.245 e. The third kappa shape index (κ3) is 4.38. The fraction of sp³-hybridized carbons (Fsp3) is 0.185. The number of halogens is 1. The van der Waals surface area contributed by atoms with Crippen LogP contribution in [0.25, 0.3) is 22.1 Å². The first-order valence-corrected chi connectivity index (χ1v) is 12.4. The molecule has 6 rings (SSSR count). The van der Waals surface area contributed by atoms with Crippen molar-refractivity contribution in [3.05, 3.63) is 78.5 Å². The smallest absolute Gasteiger partial charge is 0.245 e. The minimum absolute atomic E-state index is 0.0198. The van der Waals surface area contributed by atoms with E-state index in [2.05, 4.69) is 36.8 Å².